The Morgan fingerprint density at radius 1 is 0.854 bits per heavy atom. The number of nitrogens with zero attached hydrogens (tertiary/aromatic N) is 2. The zero-order valence-corrected chi connectivity index (χ0v) is 25.8. The molecule has 0 amide bonds. The lowest BCUT2D eigenvalue weighted by atomic mass is 10.1. The molecule has 4 aliphatic heterocycles. The third kappa shape index (κ3) is 13.1. The first-order chi connectivity index (χ1) is 19.2. The number of aryl methyl sites for hydroxylation is 1. The van der Waals surface area contributed by atoms with E-state index in [0.29, 0.717) is 6.04 Å². The molecule has 3 N–H and O–H groups in total. The Balaban J connectivity index is 0.000000193. The summed E-state index contributed by atoms with van der Waals surface area (Å²) in [6.07, 6.45) is 2.54. The minimum atomic E-state index is -4.02. The number of aliphatic hydroxyl groups excluding tert-OH is 2. The van der Waals surface area contributed by atoms with Crippen LogP contribution < -0.4 is 0 Å². The molecule has 12 nitrogen and oxygen atoms in total. The van der Waals surface area contributed by atoms with Crippen molar-refractivity contribution < 1.29 is 46.9 Å². The van der Waals surface area contributed by atoms with E-state index < -0.39 is 15.9 Å². The molecule has 236 valence electrons. The highest BCUT2D eigenvalue weighted by Gasteiger charge is 2.33. The average molecular weight is 605 g/mol. The highest BCUT2D eigenvalue weighted by atomic mass is 32.2. The fourth-order valence-electron chi connectivity index (χ4n) is 3.90. The molecular formula is C28H48N2O10S. The number of carbonyl (C=O) groups is 1. The molecular weight excluding hydrogens is 556 g/mol. The summed E-state index contributed by atoms with van der Waals surface area (Å²) in [5.41, 5.74) is 0.956. The Morgan fingerprint density at radius 3 is 1.63 bits per heavy atom. The van der Waals surface area contributed by atoms with Gasteiger partial charge in [0.05, 0.1) is 43.4 Å². The number of benzene rings is 1. The maximum absolute atomic E-state index is 10.5. The van der Waals surface area contributed by atoms with Gasteiger partial charge in [-0.05, 0) is 85.8 Å². The van der Waals surface area contributed by atoms with E-state index in [0.717, 1.165) is 31.9 Å². The van der Waals surface area contributed by atoms with Crippen molar-refractivity contribution in [2.24, 2.45) is 0 Å². The normalized spacial score (nSPS) is 22.5. The first-order valence-electron chi connectivity index (χ1n) is 14.0. The molecule has 1 aromatic rings. The van der Waals surface area contributed by atoms with Crippen LogP contribution in [0.2, 0.25) is 0 Å². The summed E-state index contributed by atoms with van der Waals surface area (Å²) < 4.78 is 50.7. The Labute approximate surface area is 244 Å². The number of aliphatic hydroxyl groups is 2. The lowest BCUT2D eigenvalue weighted by molar-refractivity contribution is -0.266. The SMILES string of the molecule is CC1(C)OCC(=O)CO1.CC1(C)OCC(N2CCC2)CO1.Cc1ccc(S(=O)(=O)O)cc1.OCC(CO)N1CCC1. The van der Waals surface area contributed by atoms with Gasteiger partial charge in [-0.3, -0.25) is 19.1 Å². The number of ether oxygens (including phenoxy) is 4. The maximum Gasteiger partial charge on any atom is 0.294 e. The van der Waals surface area contributed by atoms with Crippen molar-refractivity contribution in [1.29, 1.82) is 0 Å². The predicted molar refractivity (Wildman–Crippen MR) is 152 cm³/mol. The van der Waals surface area contributed by atoms with Crippen LogP contribution in [0.5, 0.6) is 0 Å². The van der Waals surface area contributed by atoms with Crippen LogP contribution in [0.1, 0.15) is 46.1 Å². The summed E-state index contributed by atoms with van der Waals surface area (Å²) in [6.45, 7) is 16.1. The van der Waals surface area contributed by atoms with E-state index in [1.807, 2.05) is 20.8 Å². The van der Waals surface area contributed by atoms with Crippen LogP contribution in [0.25, 0.3) is 0 Å². The van der Waals surface area contributed by atoms with Gasteiger partial charge in [-0.1, -0.05) is 17.7 Å². The van der Waals surface area contributed by atoms with Crippen molar-refractivity contribution in [3.63, 3.8) is 0 Å². The quantitative estimate of drug-likeness (QED) is 0.417. The molecule has 0 saturated carbocycles. The smallest absolute Gasteiger partial charge is 0.294 e. The van der Waals surface area contributed by atoms with E-state index in [4.69, 9.17) is 33.7 Å². The van der Waals surface area contributed by atoms with Crippen LogP contribution in [0, 0.1) is 6.92 Å². The third-order valence-corrected chi connectivity index (χ3v) is 7.83. The first kappa shape index (κ1) is 35.7. The largest absolute Gasteiger partial charge is 0.395 e. The average Bonchev–Trinajstić information content (AvgIpc) is 2.84. The first-order valence-corrected chi connectivity index (χ1v) is 15.4. The molecule has 0 aromatic heterocycles. The van der Waals surface area contributed by atoms with Gasteiger partial charge in [0.15, 0.2) is 17.4 Å². The highest BCUT2D eigenvalue weighted by molar-refractivity contribution is 7.85. The second kappa shape index (κ2) is 16.4. The van der Waals surface area contributed by atoms with Crippen molar-refractivity contribution >= 4 is 15.9 Å². The van der Waals surface area contributed by atoms with Crippen LogP contribution in [-0.4, -0.2) is 128 Å². The summed E-state index contributed by atoms with van der Waals surface area (Å²) >= 11 is 0. The number of rotatable bonds is 5. The van der Waals surface area contributed by atoms with Crippen molar-refractivity contribution in [2.45, 2.75) is 76.0 Å². The molecule has 0 spiro atoms. The van der Waals surface area contributed by atoms with Gasteiger partial charge >= 0.3 is 0 Å². The fraction of sp³-hybridized carbons (Fsp3) is 0.750. The monoisotopic (exact) mass is 604 g/mol. The van der Waals surface area contributed by atoms with Gasteiger partial charge in [0.2, 0.25) is 0 Å². The van der Waals surface area contributed by atoms with Crippen LogP contribution in [0.15, 0.2) is 29.2 Å². The van der Waals surface area contributed by atoms with E-state index in [1.54, 1.807) is 26.0 Å². The molecule has 5 rings (SSSR count). The van der Waals surface area contributed by atoms with Gasteiger partial charge in [-0.15, -0.1) is 0 Å². The number of ketones is 1. The van der Waals surface area contributed by atoms with Crippen LogP contribution in [0.3, 0.4) is 0 Å². The van der Waals surface area contributed by atoms with E-state index in [-0.39, 0.29) is 48.9 Å². The molecule has 1 aromatic carbocycles. The molecule has 4 saturated heterocycles. The minimum Gasteiger partial charge on any atom is -0.395 e. The topological polar surface area (TPSA) is 155 Å². The summed E-state index contributed by atoms with van der Waals surface area (Å²) in [7, 11) is -4.02. The Bertz CT molecular complexity index is 999. The molecule has 13 heteroatoms. The Kier molecular flexibility index (Phi) is 14.2. The second-order valence-corrected chi connectivity index (χ2v) is 12.7. The summed E-state index contributed by atoms with van der Waals surface area (Å²) in [5.74, 6) is -0.913. The Hall–Kier alpha value is -1.52. The van der Waals surface area contributed by atoms with Crippen molar-refractivity contribution in [3.05, 3.63) is 29.8 Å². The molecule has 4 aliphatic rings. The second-order valence-electron chi connectivity index (χ2n) is 11.3. The van der Waals surface area contributed by atoms with Gasteiger partial charge in [0.25, 0.3) is 10.1 Å². The van der Waals surface area contributed by atoms with E-state index in [9.17, 15) is 13.2 Å². The summed E-state index contributed by atoms with van der Waals surface area (Å²) in [4.78, 5) is 14.9. The van der Waals surface area contributed by atoms with Gasteiger partial charge in [0, 0.05) is 0 Å². The zero-order valence-electron chi connectivity index (χ0n) is 25.0. The standard InChI is InChI=1S/C9H17NO2.C7H8O3S.C6H13NO2.C6H10O3/c1-9(2)11-6-8(7-12-9)10-4-3-5-10;1-6-2-4-7(5-3-6)11(8,9)10;8-4-6(5-9)7-2-1-3-7;1-6(2)8-3-5(7)4-9-6/h8H,3-7H2,1-2H3;2-5H,1H3,(H,8,9,10);6,8-9H,1-5H2;3-4H2,1-2H3. The van der Waals surface area contributed by atoms with Crippen LogP contribution in [-0.2, 0) is 33.9 Å². The van der Waals surface area contributed by atoms with E-state index >= 15 is 0 Å². The van der Waals surface area contributed by atoms with Gasteiger partial charge in [-0.2, -0.15) is 8.42 Å². The van der Waals surface area contributed by atoms with Gasteiger partial charge in [0.1, 0.15) is 13.2 Å². The molecule has 4 heterocycles. The van der Waals surface area contributed by atoms with Crippen molar-refractivity contribution in [3.8, 4) is 0 Å². The third-order valence-electron chi connectivity index (χ3n) is 6.96. The molecule has 0 aliphatic carbocycles. The molecule has 4 fully saturated rings. The summed E-state index contributed by atoms with van der Waals surface area (Å²) in [6, 6.07) is 6.49. The van der Waals surface area contributed by atoms with Gasteiger partial charge in [-0.25, -0.2) is 0 Å². The minimum absolute atomic E-state index is 0.00116. The van der Waals surface area contributed by atoms with Crippen LogP contribution in [0.4, 0.5) is 0 Å². The van der Waals surface area contributed by atoms with Gasteiger partial charge < -0.3 is 29.2 Å². The zero-order chi connectivity index (χ0) is 30.7. The predicted octanol–water partition coefficient (Wildman–Crippen LogP) is 1.47. The number of hydrogen-bond acceptors (Lipinski definition) is 11. The Morgan fingerprint density at radius 2 is 1.32 bits per heavy atom. The van der Waals surface area contributed by atoms with Crippen molar-refractivity contribution in [2.75, 3.05) is 65.8 Å². The van der Waals surface area contributed by atoms with Crippen LogP contribution >= 0.6 is 0 Å². The van der Waals surface area contributed by atoms with E-state index in [2.05, 4.69) is 9.80 Å². The lowest BCUT2D eigenvalue weighted by Gasteiger charge is -2.43. The molecule has 0 unspecified atom stereocenters. The fourth-order valence-corrected chi connectivity index (χ4v) is 4.38. The number of carbonyl (C=O) groups excluding carboxylic acids is 1. The molecule has 0 atom stereocenters. The maximum atomic E-state index is 10.5. The molecule has 0 radical (unpaired) electrons. The highest BCUT2D eigenvalue weighted by Crippen LogP contribution is 2.22. The van der Waals surface area contributed by atoms with Crippen molar-refractivity contribution in [1.82, 2.24) is 9.80 Å². The molecule has 41 heavy (non-hydrogen) atoms. The number of likely N-dealkylation sites (tertiary alicyclic amines) is 2. The summed E-state index contributed by atoms with van der Waals surface area (Å²) in [5, 5.41) is 17.3. The number of Topliss-reactive ketones (excluding diaryl/α,β-unsaturated/α-hetero) is 1. The number of hydrogen-bond donors (Lipinski definition) is 3. The molecule has 0 bridgehead atoms. The lowest BCUT2D eigenvalue weighted by Crippen LogP contribution is -2.54. The van der Waals surface area contributed by atoms with E-state index in [1.165, 1.54) is 38.1 Å².